The van der Waals surface area contributed by atoms with Gasteiger partial charge in [-0.25, -0.2) is 9.18 Å². The van der Waals surface area contributed by atoms with Gasteiger partial charge in [0.25, 0.3) is 5.91 Å². The first-order chi connectivity index (χ1) is 12.5. The molecule has 0 unspecified atom stereocenters. The Kier molecular flexibility index (Phi) is 6.68. The van der Waals surface area contributed by atoms with Crippen LogP contribution >= 0.6 is 0 Å². The number of nitrogens with zero attached hydrogens (tertiary/aromatic N) is 2. The molecule has 0 bridgehead atoms. The van der Waals surface area contributed by atoms with Gasteiger partial charge >= 0.3 is 5.97 Å². The molecule has 2 rings (SSSR count). The number of esters is 1. The number of likely N-dealkylation sites (N-methyl/N-ethyl adjacent to an activating group) is 1. The zero-order chi connectivity index (χ0) is 18.9. The predicted octanol–water partition coefficient (Wildman–Crippen LogP) is 3.10. The second-order valence-corrected chi connectivity index (χ2v) is 5.48. The normalized spacial score (nSPS) is 9.88. The Bertz CT molecular complexity index is 816. The van der Waals surface area contributed by atoms with Crippen LogP contribution in [0.1, 0.15) is 16.8 Å². The fourth-order valence-corrected chi connectivity index (χ4v) is 2.12. The smallest absolute Gasteiger partial charge is 0.340 e. The molecule has 0 heterocycles. The molecule has 2 aromatic carbocycles. The number of hydrogen-bond acceptors (Lipinski definition) is 5. The van der Waals surface area contributed by atoms with E-state index in [9.17, 15) is 14.0 Å². The molecule has 1 N–H and O–H groups in total. The third-order valence-corrected chi connectivity index (χ3v) is 3.58. The zero-order valence-electron chi connectivity index (χ0n) is 14.2. The van der Waals surface area contributed by atoms with E-state index in [1.165, 1.54) is 24.1 Å². The van der Waals surface area contributed by atoms with Gasteiger partial charge in [-0.15, -0.1) is 0 Å². The van der Waals surface area contributed by atoms with Crippen LogP contribution in [0.5, 0.6) is 0 Å². The number of carbonyl (C=O) groups excluding carboxylic acids is 2. The maximum Gasteiger partial charge on any atom is 0.340 e. The van der Waals surface area contributed by atoms with Crippen LogP contribution in [0.4, 0.5) is 15.8 Å². The molecule has 0 spiro atoms. The highest BCUT2D eigenvalue weighted by atomic mass is 19.1. The van der Waals surface area contributed by atoms with Crippen LogP contribution in [0.15, 0.2) is 48.5 Å². The second kappa shape index (κ2) is 9.18. The van der Waals surface area contributed by atoms with Gasteiger partial charge in [0.2, 0.25) is 0 Å². The van der Waals surface area contributed by atoms with E-state index < -0.39 is 18.5 Å². The first-order valence-corrected chi connectivity index (χ1v) is 7.91. The average molecular weight is 355 g/mol. The van der Waals surface area contributed by atoms with Crippen LogP contribution in [0, 0.1) is 17.1 Å². The Morgan fingerprint density at radius 3 is 2.58 bits per heavy atom. The molecule has 0 aromatic heterocycles. The topological polar surface area (TPSA) is 82.4 Å². The van der Waals surface area contributed by atoms with Crippen molar-refractivity contribution in [1.82, 2.24) is 4.90 Å². The standard InChI is InChI=1S/C19H18FN3O3/c1-23(12-4-11-21)18(24)13-26-19(25)16-5-2-3-6-17(16)22-15-9-7-14(20)8-10-15/h2-3,5-10,22H,4,12-13H2,1H3. The highest BCUT2D eigenvalue weighted by Gasteiger charge is 2.16. The van der Waals surface area contributed by atoms with E-state index in [4.69, 9.17) is 10.00 Å². The van der Waals surface area contributed by atoms with Gasteiger partial charge in [0, 0.05) is 19.3 Å². The summed E-state index contributed by atoms with van der Waals surface area (Å²) in [6.07, 6.45) is 0.209. The summed E-state index contributed by atoms with van der Waals surface area (Å²) in [7, 11) is 1.54. The molecule has 0 aliphatic heterocycles. The van der Waals surface area contributed by atoms with Crippen molar-refractivity contribution in [2.75, 3.05) is 25.5 Å². The molecule has 2 aromatic rings. The lowest BCUT2D eigenvalue weighted by atomic mass is 10.1. The third-order valence-electron chi connectivity index (χ3n) is 3.58. The van der Waals surface area contributed by atoms with E-state index in [0.717, 1.165) is 0 Å². The summed E-state index contributed by atoms with van der Waals surface area (Å²) in [5, 5.41) is 11.5. The monoisotopic (exact) mass is 355 g/mol. The van der Waals surface area contributed by atoms with Gasteiger partial charge in [-0.3, -0.25) is 4.79 Å². The summed E-state index contributed by atoms with van der Waals surface area (Å²) in [4.78, 5) is 25.5. The zero-order valence-corrected chi connectivity index (χ0v) is 14.2. The van der Waals surface area contributed by atoms with Crippen molar-refractivity contribution >= 4 is 23.3 Å². The lowest BCUT2D eigenvalue weighted by Crippen LogP contribution is -2.32. The van der Waals surface area contributed by atoms with Crippen molar-refractivity contribution in [1.29, 1.82) is 5.26 Å². The first-order valence-electron chi connectivity index (χ1n) is 7.91. The van der Waals surface area contributed by atoms with Crippen LogP contribution in [-0.4, -0.2) is 37.0 Å². The molecule has 7 heteroatoms. The van der Waals surface area contributed by atoms with E-state index in [1.807, 2.05) is 6.07 Å². The molecule has 0 saturated carbocycles. The van der Waals surface area contributed by atoms with Gasteiger partial charge in [-0.05, 0) is 36.4 Å². The summed E-state index contributed by atoms with van der Waals surface area (Å²) >= 11 is 0. The quantitative estimate of drug-likeness (QED) is 0.772. The molecule has 0 radical (unpaired) electrons. The van der Waals surface area contributed by atoms with Crippen molar-refractivity contribution in [3.05, 3.63) is 59.9 Å². The highest BCUT2D eigenvalue weighted by molar-refractivity contribution is 5.97. The molecule has 0 saturated heterocycles. The summed E-state index contributed by atoms with van der Waals surface area (Å²) in [5.74, 6) is -1.41. The van der Waals surface area contributed by atoms with Gasteiger partial charge in [0.1, 0.15) is 5.82 Å². The third kappa shape index (κ3) is 5.31. The Hall–Kier alpha value is -3.40. The van der Waals surface area contributed by atoms with Crippen LogP contribution in [0.3, 0.4) is 0 Å². The Morgan fingerprint density at radius 1 is 1.19 bits per heavy atom. The van der Waals surface area contributed by atoms with Gasteiger partial charge in [0.05, 0.1) is 23.7 Å². The van der Waals surface area contributed by atoms with Gasteiger partial charge < -0.3 is 15.0 Å². The maximum absolute atomic E-state index is 13.0. The number of anilines is 2. The number of carbonyl (C=O) groups is 2. The van der Waals surface area contributed by atoms with E-state index in [1.54, 1.807) is 36.4 Å². The first kappa shape index (κ1) is 18.9. The van der Waals surface area contributed by atoms with Crippen LogP contribution in [0.25, 0.3) is 0 Å². The Labute approximate surface area is 150 Å². The lowest BCUT2D eigenvalue weighted by molar-refractivity contribution is -0.133. The van der Waals surface area contributed by atoms with Crippen LogP contribution in [-0.2, 0) is 9.53 Å². The molecule has 6 nitrogen and oxygen atoms in total. The number of nitrogens with one attached hydrogen (secondary N) is 1. The molecule has 0 atom stereocenters. The summed E-state index contributed by atoms with van der Waals surface area (Å²) in [6.45, 7) is -0.138. The number of rotatable bonds is 7. The van der Waals surface area contributed by atoms with Crippen molar-refractivity contribution < 1.29 is 18.7 Å². The molecule has 1 amide bonds. The number of halogens is 1. The van der Waals surface area contributed by atoms with E-state index >= 15 is 0 Å². The van der Waals surface area contributed by atoms with Crippen molar-refractivity contribution in [2.45, 2.75) is 6.42 Å². The van der Waals surface area contributed by atoms with Gasteiger partial charge in [0.15, 0.2) is 6.61 Å². The van der Waals surface area contributed by atoms with Crippen LogP contribution < -0.4 is 5.32 Å². The highest BCUT2D eigenvalue weighted by Crippen LogP contribution is 2.21. The van der Waals surface area contributed by atoms with Crippen molar-refractivity contribution in [3.63, 3.8) is 0 Å². The molecular weight excluding hydrogens is 337 g/mol. The molecule has 0 aliphatic carbocycles. The second-order valence-electron chi connectivity index (χ2n) is 5.48. The Morgan fingerprint density at radius 2 is 1.88 bits per heavy atom. The number of ether oxygens (including phenoxy) is 1. The minimum Gasteiger partial charge on any atom is -0.452 e. The van der Waals surface area contributed by atoms with Crippen molar-refractivity contribution in [2.24, 2.45) is 0 Å². The van der Waals surface area contributed by atoms with E-state index in [2.05, 4.69) is 5.32 Å². The van der Waals surface area contributed by atoms with Gasteiger partial charge in [-0.2, -0.15) is 5.26 Å². The summed E-state index contributed by atoms with van der Waals surface area (Å²) < 4.78 is 18.1. The largest absolute Gasteiger partial charge is 0.452 e. The average Bonchev–Trinajstić information content (AvgIpc) is 2.66. The summed E-state index contributed by atoms with van der Waals surface area (Å²) in [6, 6.07) is 14.3. The molecule has 26 heavy (non-hydrogen) atoms. The fourth-order valence-electron chi connectivity index (χ4n) is 2.12. The minimum absolute atomic E-state index is 0.209. The lowest BCUT2D eigenvalue weighted by Gasteiger charge is -2.16. The maximum atomic E-state index is 13.0. The molecule has 0 aliphatic rings. The minimum atomic E-state index is -0.655. The fraction of sp³-hybridized carbons (Fsp3) is 0.211. The van der Waals surface area contributed by atoms with Crippen molar-refractivity contribution in [3.8, 4) is 6.07 Å². The van der Waals surface area contributed by atoms with Crippen LogP contribution in [0.2, 0.25) is 0 Å². The van der Waals surface area contributed by atoms with Gasteiger partial charge in [-0.1, -0.05) is 12.1 Å². The number of hydrogen-bond donors (Lipinski definition) is 1. The molecule has 134 valence electrons. The SMILES string of the molecule is CN(CCC#N)C(=O)COC(=O)c1ccccc1Nc1ccc(F)cc1. The summed E-state index contributed by atoms with van der Waals surface area (Å²) in [5.41, 5.74) is 1.35. The molecule has 0 fully saturated rings. The number of amides is 1. The molecular formula is C19H18FN3O3. The number of benzene rings is 2. The van der Waals surface area contributed by atoms with E-state index in [-0.39, 0.29) is 24.3 Å². The number of para-hydroxylation sites is 1. The van der Waals surface area contributed by atoms with E-state index in [0.29, 0.717) is 11.4 Å². The Balaban J connectivity index is 2.02. The number of nitriles is 1. The predicted molar refractivity (Wildman–Crippen MR) is 94.3 cm³/mol.